The first-order valence-electron chi connectivity index (χ1n) is 9.03. The number of nitrogens with zero attached hydrogens (tertiary/aromatic N) is 3. The summed E-state index contributed by atoms with van der Waals surface area (Å²) in [6.07, 6.45) is 1.89. The molecule has 1 heterocycles. The minimum atomic E-state index is -3.11. The SMILES string of the molecule is CN=C(NCCCNS(C)(=O)=O)N1CCN(c2cccc(C)c2C)CC1.I. The summed E-state index contributed by atoms with van der Waals surface area (Å²) >= 11 is 0. The molecule has 0 radical (unpaired) electrons. The number of piperazine rings is 1. The number of nitrogens with one attached hydrogen (secondary N) is 2. The molecule has 27 heavy (non-hydrogen) atoms. The number of sulfonamides is 1. The van der Waals surface area contributed by atoms with Crippen molar-refractivity contribution in [1.29, 1.82) is 0 Å². The predicted octanol–water partition coefficient (Wildman–Crippen LogP) is 1.56. The lowest BCUT2D eigenvalue weighted by Crippen LogP contribution is -2.53. The van der Waals surface area contributed by atoms with Crippen LogP contribution in [0.2, 0.25) is 0 Å². The highest BCUT2D eigenvalue weighted by atomic mass is 127. The Labute approximate surface area is 180 Å². The molecule has 154 valence electrons. The zero-order chi connectivity index (χ0) is 19.2. The number of rotatable bonds is 6. The highest BCUT2D eigenvalue weighted by Gasteiger charge is 2.20. The molecule has 0 spiro atoms. The van der Waals surface area contributed by atoms with Gasteiger partial charge in [0.15, 0.2) is 5.96 Å². The zero-order valence-corrected chi connectivity index (χ0v) is 19.8. The first-order valence-corrected chi connectivity index (χ1v) is 10.9. The summed E-state index contributed by atoms with van der Waals surface area (Å²) < 4.78 is 24.6. The summed E-state index contributed by atoms with van der Waals surface area (Å²) in [6, 6.07) is 6.47. The Bertz CT molecular complexity index is 731. The van der Waals surface area contributed by atoms with Gasteiger partial charge in [0.1, 0.15) is 0 Å². The van der Waals surface area contributed by atoms with E-state index in [0.29, 0.717) is 19.5 Å². The molecule has 2 N–H and O–H groups in total. The normalized spacial score (nSPS) is 15.5. The molecule has 1 fully saturated rings. The maximum Gasteiger partial charge on any atom is 0.208 e. The average molecular weight is 509 g/mol. The molecule has 0 bridgehead atoms. The molecule has 0 aliphatic carbocycles. The van der Waals surface area contributed by atoms with Crippen molar-refractivity contribution in [3.05, 3.63) is 29.3 Å². The van der Waals surface area contributed by atoms with Crippen molar-refractivity contribution >= 4 is 45.6 Å². The van der Waals surface area contributed by atoms with Crippen molar-refractivity contribution in [2.45, 2.75) is 20.3 Å². The fourth-order valence-electron chi connectivity index (χ4n) is 3.12. The van der Waals surface area contributed by atoms with Gasteiger partial charge in [0.05, 0.1) is 6.26 Å². The van der Waals surface area contributed by atoms with E-state index in [0.717, 1.165) is 32.1 Å². The monoisotopic (exact) mass is 509 g/mol. The summed E-state index contributed by atoms with van der Waals surface area (Å²) in [5.74, 6) is 0.880. The van der Waals surface area contributed by atoms with Crippen LogP contribution in [0.3, 0.4) is 0 Å². The van der Waals surface area contributed by atoms with E-state index < -0.39 is 10.0 Å². The van der Waals surface area contributed by atoms with Gasteiger partial charge in [-0.3, -0.25) is 4.99 Å². The third-order valence-electron chi connectivity index (χ3n) is 4.71. The lowest BCUT2D eigenvalue weighted by Gasteiger charge is -2.38. The number of anilines is 1. The summed E-state index contributed by atoms with van der Waals surface area (Å²) in [5, 5.41) is 3.32. The molecule has 1 aromatic carbocycles. The molecule has 0 amide bonds. The highest BCUT2D eigenvalue weighted by molar-refractivity contribution is 14.0. The Morgan fingerprint density at radius 1 is 1.15 bits per heavy atom. The van der Waals surface area contributed by atoms with Gasteiger partial charge in [-0.2, -0.15) is 0 Å². The van der Waals surface area contributed by atoms with E-state index in [9.17, 15) is 8.42 Å². The van der Waals surface area contributed by atoms with Crippen molar-refractivity contribution in [2.75, 3.05) is 57.5 Å². The van der Waals surface area contributed by atoms with Crippen LogP contribution < -0.4 is 14.9 Å². The fraction of sp³-hybridized carbons (Fsp3) is 0.611. The Hall–Kier alpha value is -1.07. The van der Waals surface area contributed by atoms with Crippen LogP contribution in [0.4, 0.5) is 5.69 Å². The maximum absolute atomic E-state index is 11.1. The molecule has 0 atom stereocenters. The van der Waals surface area contributed by atoms with Gasteiger partial charge in [-0.1, -0.05) is 12.1 Å². The molecule has 0 unspecified atom stereocenters. The van der Waals surface area contributed by atoms with Crippen LogP contribution in [0.15, 0.2) is 23.2 Å². The van der Waals surface area contributed by atoms with Gasteiger partial charge in [-0.25, -0.2) is 13.1 Å². The summed E-state index contributed by atoms with van der Waals surface area (Å²) in [4.78, 5) is 9.05. The van der Waals surface area contributed by atoms with E-state index in [1.54, 1.807) is 7.05 Å². The Balaban J connectivity index is 0.00000364. The molecular formula is C18H32IN5O2S. The molecule has 2 rings (SSSR count). The predicted molar refractivity (Wildman–Crippen MR) is 124 cm³/mol. The molecule has 1 aliphatic heterocycles. The number of hydrogen-bond donors (Lipinski definition) is 2. The minimum absolute atomic E-state index is 0. The topological polar surface area (TPSA) is 77.0 Å². The number of aliphatic imine (C=N–C) groups is 1. The lowest BCUT2D eigenvalue weighted by molar-refractivity contribution is 0.372. The van der Waals surface area contributed by atoms with Gasteiger partial charge in [-0.05, 0) is 37.5 Å². The highest BCUT2D eigenvalue weighted by Crippen LogP contribution is 2.23. The molecule has 7 nitrogen and oxygen atoms in total. The second-order valence-corrected chi connectivity index (χ2v) is 8.52. The first kappa shape index (κ1) is 24.0. The van der Waals surface area contributed by atoms with Gasteiger partial charge in [0.2, 0.25) is 10.0 Å². The first-order chi connectivity index (χ1) is 12.3. The van der Waals surface area contributed by atoms with Gasteiger partial charge < -0.3 is 15.1 Å². The van der Waals surface area contributed by atoms with Crippen LogP contribution in [0.25, 0.3) is 0 Å². The minimum Gasteiger partial charge on any atom is -0.368 e. The lowest BCUT2D eigenvalue weighted by atomic mass is 10.1. The average Bonchev–Trinajstić information content (AvgIpc) is 2.60. The van der Waals surface area contributed by atoms with Gasteiger partial charge >= 0.3 is 0 Å². The van der Waals surface area contributed by atoms with Crippen LogP contribution in [0, 0.1) is 13.8 Å². The Morgan fingerprint density at radius 2 is 1.81 bits per heavy atom. The number of aryl methyl sites for hydroxylation is 1. The van der Waals surface area contributed by atoms with E-state index in [1.807, 2.05) is 0 Å². The van der Waals surface area contributed by atoms with Crippen molar-refractivity contribution in [3.8, 4) is 0 Å². The fourth-order valence-corrected chi connectivity index (χ4v) is 3.63. The molecule has 0 aromatic heterocycles. The van der Waals surface area contributed by atoms with Gasteiger partial charge in [0, 0.05) is 52.0 Å². The van der Waals surface area contributed by atoms with Crippen LogP contribution in [0.5, 0.6) is 0 Å². The van der Waals surface area contributed by atoms with Crippen LogP contribution in [-0.2, 0) is 10.0 Å². The summed E-state index contributed by atoms with van der Waals surface area (Å²) in [6.45, 7) is 9.20. The number of hydrogen-bond acceptors (Lipinski definition) is 4. The largest absolute Gasteiger partial charge is 0.368 e. The zero-order valence-electron chi connectivity index (χ0n) is 16.7. The van der Waals surface area contributed by atoms with Crippen LogP contribution in [0.1, 0.15) is 17.5 Å². The molecule has 1 aromatic rings. The Morgan fingerprint density at radius 3 is 2.41 bits per heavy atom. The van der Waals surface area contributed by atoms with Crippen molar-refractivity contribution in [2.24, 2.45) is 4.99 Å². The van der Waals surface area contributed by atoms with Crippen molar-refractivity contribution < 1.29 is 8.42 Å². The van der Waals surface area contributed by atoms with Gasteiger partial charge in [0.25, 0.3) is 0 Å². The maximum atomic E-state index is 11.1. The molecule has 1 saturated heterocycles. The molecule has 9 heteroatoms. The Kier molecular flexibility index (Phi) is 9.82. The second-order valence-electron chi connectivity index (χ2n) is 6.69. The van der Waals surface area contributed by atoms with E-state index in [2.05, 4.69) is 56.9 Å². The summed E-state index contributed by atoms with van der Waals surface area (Å²) in [5.41, 5.74) is 3.99. The van der Waals surface area contributed by atoms with Crippen LogP contribution in [-0.4, -0.2) is 71.8 Å². The molecule has 0 saturated carbocycles. The van der Waals surface area contributed by atoms with Crippen LogP contribution >= 0.6 is 24.0 Å². The second kappa shape index (κ2) is 11.1. The van der Waals surface area contributed by atoms with Crippen molar-refractivity contribution in [1.82, 2.24) is 14.9 Å². The van der Waals surface area contributed by atoms with Crippen molar-refractivity contribution in [3.63, 3.8) is 0 Å². The number of halogens is 1. The quantitative estimate of drug-likeness (QED) is 0.264. The third kappa shape index (κ3) is 7.46. The number of benzene rings is 1. The van der Waals surface area contributed by atoms with Gasteiger partial charge in [-0.15, -0.1) is 24.0 Å². The van der Waals surface area contributed by atoms with E-state index in [1.165, 1.54) is 23.1 Å². The molecular weight excluding hydrogens is 477 g/mol. The standard InChI is InChI=1S/C18H31N5O2S.HI/c1-15-7-5-8-17(16(15)2)22-11-13-23(14-12-22)18(19-3)20-9-6-10-21-26(4,24)25;/h5,7-8,21H,6,9-14H2,1-4H3,(H,19,20);1H. The number of guanidine groups is 1. The van der Waals surface area contributed by atoms with E-state index in [4.69, 9.17) is 0 Å². The van der Waals surface area contributed by atoms with E-state index >= 15 is 0 Å². The molecule has 1 aliphatic rings. The van der Waals surface area contributed by atoms with E-state index in [-0.39, 0.29) is 24.0 Å². The smallest absolute Gasteiger partial charge is 0.208 e. The third-order valence-corrected chi connectivity index (χ3v) is 5.44. The summed E-state index contributed by atoms with van der Waals surface area (Å²) in [7, 11) is -1.33.